The second-order valence-electron chi connectivity index (χ2n) is 8.95. The molecule has 1 aliphatic heterocycles. The summed E-state index contributed by atoms with van der Waals surface area (Å²) in [4.78, 5) is 42.6. The van der Waals surface area contributed by atoms with Crippen LogP contribution < -0.4 is 37.4 Å². The third-order valence-corrected chi connectivity index (χ3v) is 6.66. The van der Waals surface area contributed by atoms with Crippen LogP contribution in [0.1, 0.15) is 32.2 Å². The van der Waals surface area contributed by atoms with Crippen molar-refractivity contribution in [2.24, 2.45) is 5.92 Å². The molecule has 2 unspecified atom stereocenters. The van der Waals surface area contributed by atoms with E-state index >= 15 is 0 Å². The van der Waals surface area contributed by atoms with Crippen LogP contribution >= 0.6 is 0 Å². The SMILES string of the molecule is [C-]#[N+]CCNC(CNC(C)=O)C1CCN(c2ccc3c(=O)n(N)c(=O)n(C4CC4)c3c2OC)C1. The first-order valence-corrected chi connectivity index (χ1v) is 11.6. The number of carbonyl (C=O) groups is 1. The van der Waals surface area contributed by atoms with Crippen molar-refractivity contribution < 1.29 is 9.53 Å². The maximum atomic E-state index is 12.8. The van der Waals surface area contributed by atoms with Gasteiger partial charge in [-0.3, -0.25) is 14.2 Å². The van der Waals surface area contributed by atoms with Gasteiger partial charge < -0.3 is 31.0 Å². The fraction of sp³-hybridized carbons (Fsp3) is 0.565. The van der Waals surface area contributed by atoms with Crippen molar-refractivity contribution in [2.75, 3.05) is 50.6 Å². The Kier molecular flexibility index (Phi) is 6.79. The zero-order valence-corrected chi connectivity index (χ0v) is 19.5. The van der Waals surface area contributed by atoms with Crippen LogP contribution in [0.5, 0.6) is 5.75 Å². The second-order valence-corrected chi connectivity index (χ2v) is 8.95. The molecule has 182 valence electrons. The molecule has 2 aliphatic rings. The van der Waals surface area contributed by atoms with E-state index in [0.717, 1.165) is 31.5 Å². The van der Waals surface area contributed by atoms with Crippen LogP contribution in [0.15, 0.2) is 21.7 Å². The van der Waals surface area contributed by atoms with Crippen LogP contribution in [0.4, 0.5) is 5.69 Å². The molecule has 1 aromatic heterocycles. The zero-order chi connectivity index (χ0) is 24.4. The first-order chi connectivity index (χ1) is 16.4. The zero-order valence-electron chi connectivity index (χ0n) is 19.5. The maximum Gasteiger partial charge on any atom is 0.350 e. The smallest absolute Gasteiger partial charge is 0.350 e. The Labute approximate surface area is 197 Å². The summed E-state index contributed by atoms with van der Waals surface area (Å²) in [5.41, 5.74) is 0.238. The van der Waals surface area contributed by atoms with Crippen molar-refractivity contribution in [3.63, 3.8) is 0 Å². The number of nitrogens with zero attached hydrogens (tertiary/aromatic N) is 4. The Morgan fingerprint density at radius 2 is 2.09 bits per heavy atom. The first-order valence-electron chi connectivity index (χ1n) is 11.6. The predicted molar refractivity (Wildman–Crippen MR) is 130 cm³/mol. The van der Waals surface area contributed by atoms with Gasteiger partial charge in [0.05, 0.1) is 24.7 Å². The molecule has 1 aromatic carbocycles. The van der Waals surface area contributed by atoms with E-state index in [-0.39, 0.29) is 23.9 Å². The Bertz CT molecular complexity index is 1240. The molecule has 1 aliphatic carbocycles. The topological polar surface area (TPSA) is 128 Å². The van der Waals surface area contributed by atoms with Crippen molar-refractivity contribution in [1.82, 2.24) is 19.9 Å². The van der Waals surface area contributed by atoms with Crippen LogP contribution in [-0.4, -0.2) is 61.0 Å². The number of ether oxygens (including phenoxy) is 1. The number of nitrogens with one attached hydrogen (secondary N) is 2. The number of nitrogen functional groups attached to an aromatic ring is 1. The van der Waals surface area contributed by atoms with Gasteiger partial charge >= 0.3 is 5.69 Å². The summed E-state index contributed by atoms with van der Waals surface area (Å²) in [6, 6.07) is 3.60. The summed E-state index contributed by atoms with van der Waals surface area (Å²) in [5, 5.41) is 6.65. The standard InChI is InChI=1S/C23H31N7O4/c1-14(31)27-12-18(26-10-9-25-2)15-8-11-28(13-15)19-7-6-17-20(21(19)34-3)29(16-4-5-16)23(33)30(24)22(17)32/h6-7,15-16,18,26H,4-5,8-13,24H2,1,3H3,(H,27,31). The van der Waals surface area contributed by atoms with Crippen molar-refractivity contribution >= 4 is 22.5 Å². The number of benzene rings is 1. The minimum absolute atomic E-state index is 0.00885. The molecule has 2 aromatic rings. The van der Waals surface area contributed by atoms with Crippen molar-refractivity contribution in [3.8, 4) is 5.75 Å². The summed E-state index contributed by atoms with van der Waals surface area (Å²) in [6.45, 7) is 11.4. The van der Waals surface area contributed by atoms with E-state index in [1.807, 2.05) is 6.07 Å². The number of hydrogen-bond acceptors (Lipinski definition) is 7. The third-order valence-electron chi connectivity index (χ3n) is 6.66. The first kappa shape index (κ1) is 23.6. The lowest BCUT2D eigenvalue weighted by Crippen LogP contribution is -2.46. The van der Waals surface area contributed by atoms with E-state index in [1.165, 1.54) is 6.92 Å². The van der Waals surface area contributed by atoms with E-state index in [1.54, 1.807) is 17.7 Å². The number of amides is 1. The number of fused-ring (bicyclic) bond motifs is 1. The molecule has 1 saturated heterocycles. The van der Waals surface area contributed by atoms with Crippen LogP contribution in [0.25, 0.3) is 15.7 Å². The lowest BCUT2D eigenvalue weighted by molar-refractivity contribution is -0.119. The van der Waals surface area contributed by atoms with Crippen molar-refractivity contribution in [1.29, 1.82) is 0 Å². The summed E-state index contributed by atoms with van der Waals surface area (Å²) >= 11 is 0. The number of nitrogens with two attached hydrogens (primary N) is 1. The van der Waals surface area contributed by atoms with Gasteiger partial charge in [0.15, 0.2) is 5.75 Å². The van der Waals surface area contributed by atoms with Gasteiger partial charge in [-0.15, -0.1) is 0 Å². The van der Waals surface area contributed by atoms with E-state index in [9.17, 15) is 14.4 Å². The van der Waals surface area contributed by atoms with Crippen LogP contribution in [0.2, 0.25) is 0 Å². The van der Waals surface area contributed by atoms with Gasteiger partial charge in [-0.2, -0.15) is 4.68 Å². The molecule has 34 heavy (non-hydrogen) atoms. The molecule has 0 spiro atoms. The van der Waals surface area contributed by atoms with Gasteiger partial charge in [-0.1, -0.05) is 0 Å². The fourth-order valence-electron chi connectivity index (χ4n) is 4.82. The molecule has 11 nitrogen and oxygen atoms in total. The molecule has 1 saturated carbocycles. The van der Waals surface area contributed by atoms with Gasteiger partial charge in [-0.05, 0) is 37.3 Å². The van der Waals surface area contributed by atoms with Gasteiger partial charge in [-0.25, -0.2) is 11.4 Å². The van der Waals surface area contributed by atoms with Gasteiger partial charge in [0, 0.05) is 38.6 Å². The third kappa shape index (κ3) is 4.46. The summed E-state index contributed by atoms with van der Waals surface area (Å²) < 4.78 is 8.07. The molecule has 2 atom stereocenters. The van der Waals surface area contributed by atoms with Crippen molar-refractivity contribution in [2.45, 2.75) is 38.3 Å². The highest BCUT2D eigenvalue weighted by Crippen LogP contribution is 2.42. The van der Waals surface area contributed by atoms with E-state index in [2.05, 4.69) is 20.4 Å². The fourth-order valence-corrected chi connectivity index (χ4v) is 4.82. The number of anilines is 1. The summed E-state index contributed by atoms with van der Waals surface area (Å²) in [7, 11) is 1.55. The number of aromatic nitrogens is 2. The van der Waals surface area contributed by atoms with Crippen LogP contribution in [-0.2, 0) is 4.79 Å². The largest absolute Gasteiger partial charge is 0.492 e. The van der Waals surface area contributed by atoms with E-state index in [4.69, 9.17) is 17.2 Å². The normalized spacial score (nSPS) is 18.6. The highest BCUT2D eigenvalue weighted by molar-refractivity contribution is 5.90. The van der Waals surface area contributed by atoms with Crippen molar-refractivity contribution in [3.05, 3.63) is 44.4 Å². The quantitative estimate of drug-likeness (QED) is 0.269. The summed E-state index contributed by atoms with van der Waals surface area (Å²) in [6.07, 6.45) is 2.59. The molecule has 1 amide bonds. The molecule has 0 radical (unpaired) electrons. The molecule has 0 bridgehead atoms. The number of hydrogen-bond donors (Lipinski definition) is 3. The Balaban J connectivity index is 1.68. The molecular weight excluding hydrogens is 438 g/mol. The maximum absolute atomic E-state index is 12.8. The Morgan fingerprint density at radius 3 is 2.74 bits per heavy atom. The van der Waals surface area contributed by atoms with E-state index < -0.39 is 11.2 Å². The molecule has 2 fully saturated rings. The second kappa shape index (κ2) is 9.77. The van der Waals surface area contributed by atoms with Gasteiger partial charge in [0.25, 0.3) is 5.56 Å². The molecule has 2 heterocycles. The van der Waals surface area contributed by atoms with Gasteiger partial charge in [0.1, 0.15) is 5.52 Å². The number of carbonyl (C=O) groups excluding carboxylic acids is 1. The molecule has 4 rings (SSSR count). The monoisotopic (exact) mass is 469 g/mol. The Morgan fingerprint density at radius 1 is 1.32 bits per heavy atom. The molecule has 11 heteroatoms. The van der Waals surface area contributed by atoms with Crippen LogP contribution in [0, 0.1) is 12.5 Å². The predicted octanol–water partition coefficient (Wildman–Crippen LogP) is 0.0604. The number of methoxy groups -OCH3 is 1. The average molecular weight is 470 g/mol. The molecule has 4 N–H and O–H groups in total. The molecular formula is C23H31N7O4. The minimum Gasteiger partial charge on any atom is -0.492 e. The Hall–Kier alpha value is -3.52. The lowest BCUT2D eigenvalue weighted by Gasteiger charge is -2.27. The lowest BCUT2D eigenvalue weighted by atomic mass is 9.98. The van der Waals surface area contributed by atoms with E-state index in [0.29, 0.717) is 47.5 Å². The minimum atomic E-state index is -0.541. The van der Waals surface area contributed by atoms with Crippen LogP contribution in [0.3, 0.4) is 0 Å². The number of rotatable bonds is 9. The highest BCUT2D eigenvalue weighted by atomic mass is 16.5. The average Bonchev–Trinajstić information content (AvgIpc) is 3.54. The summed E-state index contributed by atoms with van der Waals surface area (Å²) in [5.74, 6) is 6.43. The van der Waals surface area contributed by atoms with Gasteiger partial charge in [0.2, 0.25) is 12.5 Å². The highest BCUT2D eigenvalue weighted by Gasteiger charge is 2.34.